The zero-order valence-electron chi connectivity index (χ0n) is 16.0. The molecule has 0 aliphatic heterocycles. The second-order valence-electron chi connectivity index (χ2n) is 6.76. The Kier molecular flexibility index (Phi) is 5.05. The van der Waals surface area contributed by atoms with E-state index in [1.54, 1.807) is 38.3 Å². The number of hydrogen-bond acceptors (Lipinski definition) is 5. The van der Waals surface area contributed by atoms with E-state index in [0.717, 1.165) is 25.0 Å². The third-order valence-electron chi connectivity index (χ3n) is 4.73. The Morgan fingerprint density at radius 2 is 1.76 bits per heavy atom. The summed E-state index contributed by atoms with van der Waals surface area (Å²) in [5.74, 6) is -1.44. The lowest BCUT2D eigenvalue weighted by atomic mass is 10.0. The number of carbonyl (C=O) groups is 1. The summed E-state index contributed by atoms with van der Waals surface area (Å²) in [6, 6.07) is 8.74. The van der Waals surface area contributed by atoms with Crippen LogP contribution in [0.15, 0.2) is 36.4 Å². The molecule has 1 aromatic heterocycles. The maximum Gasteiger partial charge on any atom is 0.343 e. The molecule has 0 N–H and O–H groups in total. The largest absolute Gasteiger partial charge is 0.497 e. The van der Waals surface area contributed by atoms with Crippen LogP contribution in [0.3, 0.4) is 0 Å². The van der Waals surface area contributed by atoms with Crippen molar-refractivity contribution in [3.05, 3.63) is 59.3 Å². The lowest BCUT2D eigenvalue weighted by molar-refractivity contribution is 0.0522. The van der Waals surface area contributed by atoms with Gasteiger partial charge in [0.15, 0.2) is 17.4 Å². The van der Waals surface area contributed by atoms with Crippen LogP contribution in [0.5, 0.6) is 17.2 Å². The van der Waals surface area contributed by atoms with Gasteiger partial charge in [0.2, 0.25) is 0 Å². The molecule has 4 rings (SSSR count). The summed E-state index contributed by atoms with van der Waals surface area (Å²) in [5.41, 5.74) is 0.872. The zero-order chi connectivity index (χ0) is 20.5. The molecule has 1 aliphatic rings. The molecule has 0 unspecified atom stereocenters. The van der Waals surface area contributed by atoms with Gasteiger partial charge in [-0.3, -0.25) is 4.98 Å². The fourth-order valence-corrected chi connectivity index (χ4v) is 3.17. The van der Waals surface area contributed by atoms with Crippen molar-refractivity contribution in [2.45, 2.75) is 25.7 Å². The predicted molar refractivity (Wildman–Crippen MR) is 103 cm³/mol. The smallest absolute Gasteiger partial charge is 0.343 e. The van der Waals surface area contributed by atoms with E-state index in [9.17, 15) is 13.6 Å². The number of rotatable bonds is 6. The van der Waals surface area contributed by atoms with Gasteiger partial charge in [-0.2, -0.15) is 0 Å². The van der Waals surface area contributed by atoms with E-state index in [2.05, 4.69) is 4.98 Å². The van der Waals surface area contributed by atoms with Crippen LogP contribution in [0.4, 0.5) is 8.78 Å². The monoisotopic (exact) mass is 399 g/mol. The van der Waals surface area contributed by atoms with Gasteiger partial charge in [-0.05, 0) is 50.1 Å². The third-order valence-corrected chi connectivity index (χ3v) is 4.73. The van der Waals surface area contributed by atoms with Crippen LogP contribution in [-0.2, 0) is 4.74 Å². The number of pyridine rings is 1. The van der Waals surface area contributed by atoms with Gasteiger partial charge in [-0.15, -0.1) is 0 Å². The maximum atomic E-state index is 14.0. The Labute approximate surface area is 166 Å². The molecule has 0 spiro atoms. The highest BCUT2D eigenvalue weighted by atomic mass is 19.2. The van der Waals surface area contributed by atoms with Crippen molar-refractivity contribution in [2.24, 2.45) is 0 Å². The topological polar surface area (TPSA) is 57.7 Å². The van der Waals surface area contributed by atoms with Crippen LogP contribution >= 0.6 is 0 Å². The number of methoxy groups -OCH3 is 1. The highest BCUT2D eigenvalue weighted by molar-refractivity contribution is 6.01. The number of ether oxygens (including phenoxy) is 3. The van der Waals surface area contributed by atoms with Crippen molar-refractivity contribution in [3.63, 3.8) is 0 Å². The summed E-state index contributed by atoms with van der Waals surface area (Å²) in [4.78, 5) is 17.2. The number of nitrogens with zero attached hydrogens (tertiary/aromatic N) is 1. The molecular weight excluding hydrogens is 380 g/mol. The molecule has 0 radical (unpaired) electrons. The van der Waals surface area contributed by atoms with E-state index in [4.69, 9.17) is 14.2 Å². The minimum atomic E-state index is -1.05. The van der Waals surface area contributed by atoms with Crippen LogP contribution in [0.25, 0.3) is 10.9 Å². The van der Waals surface area contributed by atoms with Crippen molar-refractivity contribution >= 4 is 16.9 Å². The summed E-state index contributed by atoms with van der Waals surface area (Å²) in [6.07, 6.45) is 1.72. The van der Waals surface area contributed by atoms with Crippen molar-refractivity contribution < 1.29 is 27.8 Å². The third kappa shape index (κ3) is 3.72. The Morgan fingerprint density at radius 1 is 1.10 bits per heavy atom. The molecule has 3 aromatic rings. The lowest BCUT2D eigenvalue weighted by Gasteiger charge is -2.17. The molecule has 7 heteroatoms. The molecule has 0 atom stereocenters. The molecule has 1 fully saturated rings. The van der Waals surface area contributed by atoms with Gasteiger partial charge in [-0.25, -0.2) is 13.6 Å². The van der Waals surface area contributed by atoms with E-state index in [1.165, 1.54) is 0 Å². The van der Waals surface area contributed by atoms with Gasteiger partial charge in [0, 0.05) is 17.4 Å². The highest BCUT2D eigenvalue weighted by Crippen LogP contribution is 2.46. The number of hydrogen-bond donors (Lipinski definition) is 0. The minimum absolute atomic E-state index is 0.0603. The molecule has 29 heavy (non-hydrogen) atoms. The maximum absolute atomic E-state index is 14.0. The van der Waals surface area contributed by atoms with Gasteiger partial charge in [0.25, 0.3) is 0 Å². The molecular formula is C22H19F2NO4. The Bertz CT molecular complexity index is 1080. The Hall–Kier alpha value is -3.22. The molecule has 1 saturated carbocycles. The second kappa shape index (κ2) is 7.66. The first kappa shape index (κ1) is 19.1. The average molecular weight is 399 g/mol. The summed E-state index contributed by atoms with van der Waals surface area (Å²) in [6.45, 7) is 1.86. The van der Waals surface area contributed by atoms with Gasteiger partial charge in [0.1, 0.15) is 17.1 Å². The minimum Gasteiger partial charge on any atom is -0.497 e. The van der Waals surface area contributed by atoms with E-state index >= 15 is 0 Å². The number of esters is 1. The van der Waals surface area contributed by atoms with Crippen molar-refractivity contribution in [3.8, 4) is 17.2 Å². The molecule has 0 bridgehead atoms. The second-order valence-corrected chi connectivity index (χ2v) is 6.76. The first-order valence-corrected chi connectivity index (χ1v) is 9.33. The lowest BCUT2D eigenvalue weighted by Crippen LogP contribution is -2.12. The van der Waals surface area contributed by atoms with Crippen molar-refractivity contribution in [1.29, 1.82) is 0 Å². The van der Waals surface area contributed by atoms with Crippen molar-refractivity contribution in [1.82, 2.24) is 4.98 Å². The quantitative estimate of drug-likeness (QED) is 0.522. The van der Waals surface area contributed by atoms with Crippen LogP contribution in [0.2, 0.25) is 0 Å². The zero-order valence-corrected chi connectivity index (χ0v) is 16.0. The molecule has 2 aromatic carbocycles. The van der Waals surface area contributed by atoms with E-state index < -0.39 is 17.6 Å². The SMILES string of the molecule is CCOC(=O)c1c(C2CC2)nc2cc(F)c(F)cc2c1Oc1ccc(OC)cc1. The van der Waals surface area contributed by atoms with Gasteiger partial charge in [-0.1, -0.05) is 0 Å². The van der Waals surface area contributed by atoms with Crippen LogP contribution in [-0.4, -0.2) is 24.7 Å². The number of carbonyl (C=O) groups excluding carboxylic acids is 1. The van der Waals surface area contributed by atoms with E-state index in [0.29, 0.717) is 17.2 Å². The number of halogens is 2. The fraction of sp³-hybridized carbons (Fsp3) is 0.273. The number of aromatic nitrogens is 1. The summed E-state index contributed by atoms with van der Waals surface area (Å²) >= 11 is 0. The standard InChI is InChI=1S/C22H19F2NO4/c1-3-28-22(26)19-20(12-4-5-12)25-18-11-17(24)16(23)10-15(18)21(19)29-14-8-6-13(27-2)7-9-14/h6-12H,3-5H2,1-2H3. The molecule has 0 saturated heterocycles. The van der Waals surface area contributed by atoms with Gasteiger partial charge < -0.3 is 14.2 Å². The first-order chi connectivity index (χ1) is 14.0. The van der Waals surface area contributed by atoms with E-state index in [1.807, 2.05) is 0 Å². The highest BCUT2D eigenvalue weighted by Gasteiger charge is 2.34. The van der Waals surface area contributed by atoms with Crippen molar-refractivity contribution in [2.75, 3.05) is 13.7 Å². The normalized spacial score (nSPS) is 13.4. The van der Waals surface area contributed by atoms with Crippen LogP contribution in [0, 0.1) is 11.6 Å². The molecule has 1 heterocycles. The number of fused-ring (bicyclic) bond motifs is 1. The number of benzene rings is 2. The summed E-state index contributed by atoms with van der Waals surface area (Å²) < 4.78 is 44.3. The van der Waals surface area contributed by atoms with Crippen LogP contribution < -0.4 is 9.47 Å². The van der Waals surface area contributed by atoms with Gasteiger partial charge in [0.05, 0.1) is 24.9 Å². The fourth-order valence-electron chi connectivity index (χ4n) is 3.17. The van der Waals surface area contributed by atoms with E-state index in [-0.39, 0.29) is 34.7 Å². The predicted octanol–water partition coefficient (Wildman–Crippen LogP) is 5.37. The molecule has 1 aliphatic carbocycles. The Morgan fingerprint density at radius 3 is 2.38 bits per heavy atom. The molecule has 0 amide bonds. The Balaban J connectivity index is 1.94. The van der Waals surface area contributed by atoms with Crippen LogP contribution in [0.1, 0.15) is 41.7 Å². The average Bonchev–Trinajstić information content (AvgIpc) is 3.55. The summed E-state index contributed by atoms with van der Waals surface area (Å²) in [7, 11) is 1.55. The summed E-state index contributed by atoms with van der Waals surface area (Å²) in [5, 5.41) is 0.201. The molecule has 5 nitrogen and oxygen atoms in total. The first-order valence-electron chi connectivity index (χ1n) is 9.33. The molecule has 150 valence electrons. The van der Waals surface area contributed by atoms with Gasteiger partial charge >= 0.3 is 5.97 Å².